The molecule has 0 aliphatic carbocycles. The lowest BCUT2D eigenvalue weighted by molar-refractivity contribution is -0.110. The van der Waals surface area contributed by atoms with E-state index in [1.807, 2.05) is 7.05 Å². The van der Waals surface area contributed by atoms with E-state index < -0.39 is 0 Å². The Bertz CT molecular complexity index is 343. The molecule has 0 bridgehead atoms. The molecule has 2 fully saturated rings. The second kappa shape index (κ2) is 14.5. The van der Waals surface area contributed by atoms with Crippen LogP contribution in [0, 0.1) is 0 Å². The van der Waals surface area contributed by atoms with E-state index >= 15 is 0 Å². The van der Waals surface area contributed by atoms with Crippen LogP contribution in [0.2, 0.25) is 0 Å². The minimum absolute atomic E-state index is 0.0267. The quantitative estimate of drug-likeness (QED) is 0.548. The van der Waals surface area contributed by atoms with Crippen LogP contribution in [-0.4, -0.2) is 118 Å². The first-order valence-corrected chi connectivity index (χ1v) is 10.1. The van der Waals surface area contributed by atoms with Crippen molar-refractivity contribution in [2.24, 2.45) is 0 Å². The van der Waals surface area contributed by atoms with Crippen LogP contribution in [0.4, 0.5) is 0 Å². The molecule has 7 heteroatoms. The fourth-order valence-corrected chi connectivity index (χ4v) is 3.49. The van der Waals surface area contributed by atoms with Gasteiger partial charge in [0.25, 0.3) is 0 Å². The van der Waals surface area contributed by atoms with Crippen molar-refractivity contribution in [3.05, 3.63) is 0 Å². The van der Waals surface area contributed by atoms with Gasteiger partial charge in [0.1, 0.15) is 6.29 Å². The molecular formula is C19H40N4O3. The number of β-amino-alcohol motifs (C(OH)–C–C–N with tert-alkyl or cyclic N) is 1. The summed E-state index contributed by atoms with van der Waals surface area (Å²) in [7, 11) is 4.04. The summed E-state index contributed by atoms with van der Waals surface area (Å²) in [4.78, 5) is 18.0. The Morgan fingerprint density at radius 3 is 2.42 bits per heavy atom. The van der Waals surface area contributed by atoms with E-state index in [0.29, 0.717) is 6.04 Å². The molecule has 0 spiro atoms. The molecule has 2 heterocycles. The Balaban J connectivity index is 0.000000314. The average Bonchev–Trinajstić information content (AvgIpc) is 2.67. The van der Waals surface area contributed by atoms with E-state index in [2.05, 4.69) is 34.0 Å². The molecule has 0 aromatic carbocycles. The highest BCUT2D eigenvalue weighted by atomic mass is 16.5. The maximum atomic E-state index is 10.9. The van der Waals surface area contributed by atoms with Crippen LogP contribution in [0.1, 0.15) is 26.2 Å². The van der Waals surface area contributed by atoms with Gasteiger partial charge in [0, 0.05) is 32.2 Å². The number of nitrogens with one attached hydrogen (secondary N) is 1. The third kappa shape index (κ3) is 9.39. The Morgan fingerprint density at radius 2 is 1.92 bits per heavy atom. The summed E-state index contributed by atoms with van der Waals surface area (Å²) in [5, 5.41) is 11.6. The molecule has 26 heavy (non-hydrogen) atoms. The lowest BCUT2D eigenvalue weighted by Crippen LogP contribution is -2.49. The first-order chi connectivity index (χ1) is 12.6. The second-order valence-corrected chi connectivity index (χ2v) is 7.24. The minimum Gasteiger partial charge on any atom is -0.395 e. The number of piperidine rings is 1. The molecule has 7 nitrogen and oxygen atoms in total. The Hall–Kier alpha value is -0.570. The molecule has 2 aliphatic heterocycles. The standard InChI is InChI=1S/C13H27N3O.C6H13NO2/c1-4-7-16(10-12(11-17)14-2)13-5-8-15(3)9-6-13;8-4-1-7-2-5-9-6-3-7/h11-14H,4-10H2,1-3H3;8H,1-6H2. The van der Waals surface area contributed by atoms with E-state index in [4.69, 9.17) is 9.84 Å². The van der Waals surface area contributed by atoms with Gasteiger partial charge in [-0.25, -0.2) is 0 Å². The third-order valence-electron chi connectivity index (χ3n) is 5.20. The maximum Gasteiger partial charge on any atom is 0.138 e. The molecule has 2 saturated heterocycles. The van der Waals surface area contributed by atoms with Crippen molar-refractivity contribution < 1.29 is 14.6 Å². The number of aliphatic hydroxyl groups is 1. The number of carbonyl (C=O) groups is 1. The normalized spacial score (nSPS) is 21.3. The minimum atomic E-state index is -0.0267. The van der Waals surface area contributed by atoms with Crippen molar-refractivity contribution in [3.8, 4) is 0 Å². The molecule has 0 amide bonds. The van der Waals surface area contributed by atoms with Crippen molar-refractivity contribution in [2.45, 2.75) is 38.3 Å². The Kier molecular flexibility index (Phi) is 13.1. The summed E-state index contributed by atoms with van der Waals surface area (Å²) in [5.74, 6) is 0. The Morgan fingerprint density at radius 1 is 1.27 bits per heavy atom. The summed E-state index contributed by atoms with van der Waals surface area (Å²) in [6.07, 6.45) is 4.64. The van der Waals surface area contributed by atoms with Gasteiger partial charge in [0.2, 0.25) is 0 Å². The average molecular weight is 373 g/mol. The predicted octanol–water partition coefficient (Wildman–Crippen LogP) is -0.110. The van der Waals surface area contributed by atoms with Crippen molar-refractivity contribution in [1.29, 1.82) is 0 Å². The highest BCUT2D eigenvalue weighted by Crippen LogP contribution is 2.16. The number of ether oxygens (including phenoxy) is 1. The van der Waals surface area contributed by atoms with E-state index in [9.17, 15) is 4.79 Å². The maximum absolute atomic E-state index is 10.9. The first kappa shape index (κ1) is 23.5. The van der Waals surface area contributed by atoms with Gasteiger partial charge in [-0.15, -0.1) is 0 Å². The fraction of sp³-hybridized carbons (Fsp3) is 0.947. The van der Waals surface area contributed by atoms with Gasteiger partial charge >= 0.3 is 0 Å². The number of likely N-dealkylation sites (tertiary alicyclic amines) is 1. The molecule has 2 N–H and O–H groups in total. The second-order valence-electron chi connectivity index (χ2n) is 7.24. The summed E-state index contributed by atoms with van der Waals surface area (Å²) in [5.41, 5.74) is 0. The first-order valence-electron chi connectivity index (χ1n) is 10.1. The number of nitrogens with zero attached hydrogens (tertiary/aromatic N) is 3. The number of carbonyl (C=O) groups excluding carboxylic acids is 1. The largest absolute Gasteiger partial charge is 0.395 e. The van der Waals surface area contributed by atoms with Crippen LogP contribution < -0.4 is 5.32 Å². The molecule has 0 aromatic heterocycles. The fourth-order valence-electron chi connectivity index (χ4n) is 3.49. The highest BCUT2D eigenvalue weighted by Gasteiger charge is 2.24. The van der Waals surface area contributed by atoms with Crippen molar-refractivity contribution in [3.63, 3.8) is 0 Å². The van der Waals surface area contributed by atoms with Gasteiger partial charge in [0.05, 0.1) is 25.9 Å². The van der Waals surface area contributed by atoms with Crippen LogP contribution in [-0.2, 0) is 9.53 Å². The van der Waals surface area contributed by atoms with Gasteiger partial charge in [0.15, 0.2) is 0 Å². The van der Waals surface area contributed by atoms with E-state index in [1.54, 1.807) is 0 Å². The summed E-state index contributed by atoms with van der Waals surface area (Å²) < 4.78 is 5.12. The number of morpholine rings is 1. The van der Waals surface area contributed by atoms with Gasteiger partial charge in [-0.2, -0.15) is 0 Å². The van der Waals surface area contributed by atoms with Crippen molar-refractivity contribution in [1.82, 2.24) is 20.0 Å². The zero-order valence-electron chi connectivity index (χ0n) is 17.0. The predicted molar refractivity (Wildman–Crippen MR) is 106 cm³/mol. The van der Waals surface area contributed by atoms with Crippen molar-refractivity contribution in [2.75, 3.05) is 79.7 Å². The number of likely N-dealkylation sites (N-methyl/N-ethyl adjacent to an activating group) is 1. The molecule has 2 rings (SSSR count). The van der Waals surface area contributed by atoms with E-state index in [-0.39, 0.29) is 12.6 Å². The van der Waals surface area contributed by atoms with Crippen LogP contribution in [0.25, 0.3) is 0 Å². The summed E-state index contributed by atoms with van der Waals surface area (Å²) in [6, 6.07) is 0.628. The van der Waals surface area contributed by atoms with Crippen LogP contribution in [0.3, 0.4) is 0 Å². The van der Waals surface area contributed by atoms with E-state index in [0.717, 1.165) is 58.6 Å². The summed E-state index contributed by atoms with van der Waals surface area (Å²) in [6.45, 7) is 11.1. The lowest BCUT2D eigenvalue weighted by Gasteiger charge is -2.38. The number of rotatable bonds is 9. The molecule has 2 aliphatic rings. The van der Waals surface area contributed by atoms with Gasteiger partial charge in [-0.1, -0.05) is 6.92 Å². The summed E-state index contributed by atoms with van der Waals surface area (Å²) >= 11 is 0. The highest BCUT2D eigenvalue weighted by molar-refractivity contribution is 5.57. The monoisotopic (exact) mass is 372 g/mol. The van der Waals surface area contributed by atoms with E-state index in [1.165, 1.54) is 25.9 Å². The molecule has 1 atom stereocenters. The zero-order valence-corrected chi connectivity index (χ0v) is 17.0. The van der Waals surface area contributed by atoms with Crippen LogP contribution >= 0.6 is 0 Å². The number of hydrogen-bond acceptors (Lipinski definition) is 7. The van der Waals surface area contributed by atoms with Crippen LogP contribution in [0.5, 0.6) is 0 Å². The topological polar surface area (TPSA) is 68.3 Å². The molecular weight excluding hydrogens is 332 g/mol. The van der Waals surface area contributed by atoms with Gasteiger partial charge in [-0.05, 0) is 53.0 Å². The Labute approximate surface area is 159 Å². The van der Waals surface area contributed by atoms with Gasteiger partial charge < -0.3 is 24.9 Å². The number of aldehydes is 1. The third-order valence-corrected chi connectivity index (χ3v) is 5.20. The number of aliphatic hydroxyl groups excluding tert-OH is 1. The smallest absolute Gasteiger partial charge is 0.138 e. The molecule has 1 unspecified atom stereocenters. The van der Waals surface area contributed by atoms with Gasteiger partial charge in [-0.3, -0.25) is 9.80 Å². The molecule has 154 valence electrons. The van der Waals surface area contributed by atoms with Crippen molar-refractivity contribution >= 4 is 6.29 Å². The molecule has 0 aromatic rings. The molecule has 0 saturated carbocycles. The van der Waals surface area contributed by atoms with Crippen LogP contribution in [0.15, 0.2) is 0 Å². The lowest BCUT2D eigenvalue weighted by atomic mass is 10.0. The number of hydrogen-bond donors (Lipinski definition) is 2. The zero-order chi connectivity index (χ0) is 19.2. The molecule has 0 radical (unpaired) electrons. The SMILES string of the molecule is CCCN(CC(C=O)NC)C1CCN(C)CC1.OCCN1CCOCC1.